The Balaban J connectivity index is 1.97. The summed E-state index contributed by atoms with van der Waals surface area (Å²) in [6.07, 6.45) is 2.96. The van der Waals surface area contributed by atoms with E-state index in [1.165, 1.54) is 0 Å². The zero-order valence-electron chi connectivity index (χ0n) is 6.94. The highest BCUT2D eigenvalue weighted by Gasteiger charge is 2.56. The topological polar surface area (TPSA) is 49.7 Å². The minimum absolute atomic E-state index is 0.0822. The minimum atomic E-state index is -0.811. The third-order valence-electron chi connectivity index (χ3n) is 3.66. The van der Waals surface area contributed by atoms with Gasteiger partial charge in [-0.3, -0.25) is 0 Å². The van der Waals surface area contributed by atoms with Gasteiger partial charge in [-0.1, -0.05) is 0 Å². The number of aliphatic hydroxyl groups excluding tert-OH is 1. The van der Waals surface area contributed by atoms with Crippen molar-refractivity contribution in [1.82, 2.24) is 0 Å². The van der Waals surface area contributed by atoms with Gasteiger partial charge in [0.25, 0.3) is 0 Å². The Morgan fingerprint density at radius 1 is 1.25 bits per heavy atom. The van der Waals surface area contributed by atoms with Gasteiger partial charge in [0, 0.05) is 6.42 Å². The molecular formula is C9H14O3. The highest BCUT2D eigenvalue weighted by atomic mass is 16.5. The van der Waals surface area contributed by atoms with E-state index in [-0.39, 0.29) is 12.2 Å². The maximum absolute atomic E-state index is 10.0. The van der Waals surface area contributed by atoms with Crippen LogP contribution in [0.2, 0.25) is 0 Å². The Bertz CT molecular complexity index is 202. The molecule has 0 spiro atoms. The molecule has 5 unspecified atom stereocenters. The molecule has 2 aliphatic heterocycles. The third kappa shape index (κ3) is 0.767. The summed E-state index contributed by atoms with van der Waals surface area (Å²) in [7, 11) is 0. The van der Waals surface area contributed by atoms with Gasteiger partial charge in [-0.2, -0.15) is 0 Å². The van der Waals surface area contributed by atoms with E-state index in [0.717, 1.165) is 19.3 Å². The van der Waals surface area contributed by atoms with Crippen LogP contribution in [0.25, 0.3) is 0 Å². The lowest BCUT2D eigenvalue weighted by molar-refractivity contribution is -0.276. The fourth-order valence-electron chi connectivity index (χ4n) is 3.22. The first-order valence-electron chi connectivity index (χ1n) is 4.73. The van der Waals surface area contributed by atoms with Gasteiger partial charge < -0.3 is 14.9 Å². The molecule has 4 rings (SSSR count). The molecule has 2 N–H and O–H groups in total. The van der Waals surface area contributed by atoms with Crippen molar-refractivity contribution in [3.63, 3.8) is 0 Å². The second-order valence-corrected chi connectivity index (χ2v) is 4.59. The molecule has 68 valence electrons. The van der Waals surface area contributed by atoms with Gasteiger partial charge in [0.15, 0.2) is 0 Å². The van der Waals surface area contributed by atoms with Crippen molar-refractivity contribution in [3.05, 3.63) is 0 Å². The molecular weight excluding hydrogens is 156 g/mol. The van der Waals surface area contributed by atoms with E-state index >= 15 is 0 Å². The maximum Gasteiger partial charge on any atom is 0.109 e. The SMILES string of the molecule is OC1C2CC3CC(CC1(O)C3)O2. The monoisotopic (exact) mass is 170 g/mol. The molecule has 2 aliphatic carbocycles. The van der Waals surface area contributed by atoms with Crippen LogP contribution in [0.3, 0.4) is 0 Å². The number of hydrogen-bond acceptors (Lipinski definition) is 3. The first-order valence-corrected chi connectivity index (χ1v) is 4.73. The average molecular weight is 170 g/mol. The smallest absolute Gasteiger partial charge is 0.109 e. The molecule has 12 heavy (non-hydrogen) atoms. The fourth-order valence-corrected chi connectivity index (χ4v) is 3.22. The van der Waals surface area contributed by atoms with E-state index in [9.17, 15) is 10.2 Å². The van der Waals surface area contributed by atoms with Crippen LogP contribution in [0.5, 0.6) is 0 Å². The Hall–Kier alpha value is -0.120. The van der Waals surface area contributed by atoms with Gasteiger partial charge >= 0.3 is 0 Å². The molecule has 0 aromatic heterocycles. The largest absolute Gasteiger partial charge is 0.387 e. The molecule has 0 aromatic rings. The lowest BCUT2D eigenvalue weighted by Gasteiger charge is -2.56. The van der Waals surface area contributed by atoms with Gasteiger partial charge in [-0.05, 0) is 25.2 Å². The fraction of sp³-hybridized carbons (Fsp3) is 1.00. The van der Waals surface area contributed by atoms with E-state index in [0.29, 0.717) is 12.3 Å². The molecule has 3 heteroatoms. The third-order valence-corrected chi connectivity index (χ3v) is 3.66. The molecule has 2 saturated carbocycles. The van der Waals surface area contributed by atoms with Crippen LogP contribution in [0.1, 0.15) is 25.7 Å². The summed E-state index contributed by atoms with van der Waals surface area (Å²) in [5.41, 5.74) is -0.811. The summed E-state index contributed by atoms with van der Waals surface area (Å²) in [5, 5.41) is 19.8. The van der Waals surface area contributed by atoms with Gasteiger partial charge in [0.2, 0.25) is 0 Å². The number of hydrogen-bond donors (Lipinski definition) is 2. The van der Waals surface area contributed by atoms with E-state index in [1.807, 2.05) is 0 Å². The predicted molar refractivity (Wildman–Crippen MR) is 41.6 cm³/mol. The van der Waals surface area contributed by atoms with Crippen molar-refractivity contribution in [1.29, 1.82) is 0 Å². The quantitative estimate of drug-likeness (QED) is 0.540. The molecule has 4 fully saturated rings. The second-order valence-electron chi connectivity index (χ2n) is 4.59. The van der Waals surface area contributed by atoms with Crippen LogP contribution in [0, 0.1) is 5.92 Å². The summed E-state index contributed by atoms with van der Waals surface area (Å²) >= 11 is 0. The summed E-state index contributed by atoms with van der Waals surface area (Å²) in [4.78, 5) is 0. The van der Waals surface area contributed by atoms with E-state index in [1.54, 1.807) is 0 Å². The Morgan fingerprint density at radius 2 is 2.08 bits per heavy atom. The van der Waals surface area contributed by atoms with Crippen molar-refractivity contribution in [2.75, 3.05) is 0 Å². The molecule has 5 atom stereocenters. The van der Waals surface area contributed by atoms with Crippen molar-refractivity contribution in [2.24, 2.45) is 5.92 Å². The maximum atomic E-state index is 10.0. The Morgan fingerprint density at radius 3 is 2.75 bits per heavy atom. The summed E-state index contributed by atoms with van der Waals surface area (Å²) in [6.45, 7) is 0. The second kappa shape index (κ2) is 2.03. The van der Waals surface area contributed by atoms with Crippen LogP contribution in [0.4, 0.5) is 0 Å². The first kappa shape index (κ1) is 7.30. The highest BCUT2D eigenvalue weighted by molar-refractivity contribution is 5.07. The normalized spacial score (nSPS) is 62.5. The standard InChI is InChI=1S/C9H14O3/c10-8-7-2-5-1-6(12-7)4-9(8,11)3-5/h5-8,10-11H,1-4H2. The van der Waals surface area contributed by atoms with Crippen LogP contribution >= 0.6 is 0 Å². The molecule has 3 nitrogen and oxygen atoms in total. The van der Waals surface area contributed by atoms with Gasteiger partial charge in [-0.25, -0.2) is 0 Å². The zero-order chi connectivity index (χ0) is 8.34. The summed E-state index contributed by atoms with van der Waals surface area (Å²) in [6, 6.07) is 0. The van der Waals surface area contributed by atoms with E-state index < -0.39 is 11.7 Å². The van der Waals surface area contributed by atoms with Crippen LogP contribution in [0.15, 0.2) is 0 Å². The van der Waals surface area contributed by atoms with Crippen LogP contribution in [-0.2, 0) is 4.74 Å². The lowest BCUT2D eigenvalue weighted by Crippen LogP contribution is -2.65. The Labute approximate surface area is 71.3 Å². The molecule has 4 bridgehead atoms. The molecule has 0 amide bonds. The van der Waals surface area contributed by atoms with Gasteiger partial charge in [0.05, 0.1) is 17.8 Å². The zero-order valence-corrected chi connectivity index (χ0v) is 6.94. The molecule has 2 saturated heterocycles. The molecule has 0 aromatic carbocycles. The average Bonchev–Trinajstić information content (AvgIpc) is 1.98. The van der Waals surface area contributed by atoms with Crippen molar-refractivity contribution in [3.8, 4) is 0 Å². The molecule has 0 radical (unpaired) electrons. The number of rotatable bonds is 0. The summed E-state index contributed by atoms with van der Waals surface area (Å²) in [5.74, 6) is 0.593. The van der Waals surface area contributed by atoms with Crippen molar-refractivity contribution < 1.29 is 14.9 Å². The minimum Gasteiger partial charge on any atom is -0.387 e. The number of aliphatic hydroxyl groups is 2. The summed E-state index contributed by atoms with van der Waals surface area (Å²) < 4.78 is 5.59. The van der Waals surface area contributed by atoms with Crippen LogP contribution in [-0.4, -0.2) is 34.1 Å². The predicted octanol–water partition coefficient (Wildman–Crippen LogP) is 0.0496. The van der Waals surface area contributed by atoms with Gasteiger partial charge in [0.1, 0.15) is 6.10 Å². The Kier molecular flexibility index (Phi) is 1.23. The first-order chi connectivity index (χ1) is 5.67. The van der Waals surface area contributed by atoms with E-state index in [4.69, 9.17) is 4.74 Å². The number of ether oxygens (including phenoxy) is 1. The lowest BCUT2D eigenvalue weighted by atomic mass is 9.63. The van der Waals surface area contributed by atoms with Crippen molar-refractivity contribution >= 4 is 0 Å². The molecule has 4 aliphatic rings. The van der Waals surface area contributed by atoms with Gasteiger partial charge in [-0.15, -0.1) is 0 Å². The van der Waals surface area contributed by atoms with Crippen molar-refractivity contribution in [2.45, 2.75) is 49.6 Å². The van der Waals surface area contributed by atoms with E-state index in [2.05, 4.69) is 0 Å². The van der Waals surface area contributed by atoms with Crippen LogP contribution < -0.4 is 0 Å². The molecule has 2 heterocycles. The highest BCUT2D eigenvalue weighted by Crippen LogP contribution is 2.49.